The molecule has 0 saturated carbocycles. The van der Waals surface area contributed by atoms with Gasteiger partial charge in [0.25, 0.3) is 5.91 Å². The van der Waals surface area contributed by atoms with Gasteiger partial charge in [0.15, 0.2) is 0 Å². The molecule has 25 heavy (non-hydrogen) atoms. The zero-order valence-corrected chi connectivity index (χ0v) is 15.2. The fourth-order valence-electron chi connectivity index (χ4n) is 3.57. The predicted octanol–water partition coefficient (Wildman–Crippen LogP) is 2.50. The number of allylic oxidation sites excluding steroid dienone is 2. The summed E-state index contributed by atoms with van der Waals surface area (Å²) < 4.78 is 0. The van der Waals surface area contributed by atoms with Crippen LogP contribution in [0.3, 0.4) is 0 Å². The molecule has 0 radical (unpaired) electrons. The second-order valence-corrected chi connectivity index (χ2v) is 7.69. The number of nitriles is 1. The largest absolute Gasteiger partial charge is 0.338 e. The number of carbonyl (C=O) groups is 1. The van der Waals surface area contributed by atoms with Crippen LogP contribution in [-0.4, -0.2) is 53.9 Å². The van der Waals surface area contributed by atoms with Crippen LogP contribution in [0, 0.1) is 16.7 Å². The van der Waals surface area contributed by atoms with Crippen molar-refractivity contribution in [2.45, 2.75) is 46.1 Å². The van der Waals surface area contributed by atoms with Crippen LogP contribution in [-0.2, 0) is 4.79 Å². The number of fused-ring (bicyclic) bond motifs is 1. The van der Waals surface area contributed by atoms with E-state index in [4.69, 9.17) is 0 Å². The normalized spacial score (nSPS) is 23.8. The lowest BCUT2D eigenvalue weighted by molar-refractivity contribution is -0.127. The van der Waals surface area contributed by atoms with E-state index >= 15 is 0 Å². The third kappa shape index (κ3) is 3.37. The maximum Gasteiger partial charge on any atom is 0.266 e. The van der Waals surface area contributed by atoms with Crippen molar-refractivity contribution < 1.29 is 4.79 Å². The summed E-state index contributed by atoms with van der Waals surface area (Å²) in [6, 6.07) is 2.18. The van der Waals surface area contributed by atoms with Gasteiger partial charge < -0.3 is 9.80 Å². The molecule has 1 atom stereocenters. The van der Waals surface area contributed by atoms with E-state index in [-0.39, 0.29) is 22.9 Å². The second-order valence-electron chi connectivity index (χ2n) is 7.69. The molecule has 1 fully saturated rings. The minimum Gasteiger partial charge on any atom is -0.338 e. The average Bonchev–Trinajstić information content (AvgIpc) is 3.02. The number of piperidine rings is 1. The molecule has 0 aromatic carbocycles. The van der Waals surface area contributed by atoms with Crippen LogP contribution in [0.5, 0.6) is 0 Å². The smallest absolute Gasteiger partial charge is 0.266 e. The molecule has 1 amide bonds. The molecule has 0 aliphatic carbocycles. The van der Waals surface area contributed by atoms with Crippen LogP contribution >= 0.6 is 0 Å². The van der Waals surface area contributed by atoms with Gasteiger partial charge in [-0.2, -0.15) is 5.26 Å². The lowest BCUT2D eigenvalue weighted by atomic mass is 9.86. The summed E-state index contributed by atoms with van der Waals surface area (Å²) in [4.78, 5) is 25.6. The molecule has 6 nitrogen and oxygen atoms in total. The number of dihydropyridines is 1. The predicted molar refractivity (Wildman–Crippen MR) is 98.1 cm³/mol. The minimum absolute atomic E-state index is 0.0209. The summed E-state index contributed by atoms with van der Waals surface area (Å²) in [5.41, 5.74) is 1.56. The fraction of sp³-hybridized carbons (Fsp3) is 0.579. The summed E-state index contributed by atoms with van der Waals surface area (Å²) in [5.74, 6) is -0.158. The maximum atomic E-state index is 13.1. The molecule has 0 spiro atoms. The van der Waals surface area contributed by atoms with Crippen LogP contribution < -0.4 is 0 Å². The van der Waals surface area contributed by atoms with Crippen LogP contribution in [0.2, 0.25) is 0 Å². The van der Waals surface area contributed by atoms with E-state index < -0.39 is 0 Å². The summed E-state index contributed by atoms with van der Waals surface area (Å²) in [5, 5.41) is 9.84. The van der Waals surface area contributed by atoms with Gasteiger partial charge in [0.2, 0.25) is 0 Å². The van der Waals surface area contributed by atoms with Gasteiger partial charge in [-0.25, -0.2) is 0 Å². The Balaban J connectivity index is 2.04. The minimum atomic E-state index is -0.368. The van der Waals surface area contributed by atoms with Crippen molar-refractivity contribution in [2.24, 2.45) is 15.4 Å². The quantitative estimate of drug-likeness (QED) is 0.573. The molecule has 0 aromatic rings. The number of rotatable bonds is 2. The summed E-state index contributed by atoms with van der Waals surface area (Å²) >= 11 is 0. The molecule has 0 bridgehead atoms. The highest BCUT2D eigenvalue weighted by Crippen LogP contribution is 2.37. The van der Waals surface area contributed by atoms with Crippen LogP contribution in [0.25, 0.3) is 0 Å². The SMILES string of the molecule is CC(C)(C)C(=C(C#N)C(=O)N1CCCCC1)N1C=NC2CN=CC=C21. The lowest BCUT2D eigenvalue weighted by Crippen LogP contribution is -2.39. The summed E-state index contributed by atoms with van der Waals surface area (Å²) in [6.45, 7) is 8.16. The maximum absolute atomic E-state index is 13.1. The average molecular weight is 339 g/mol. The van der Waals surface area contributed by atoms with Gasteiger partial charge in [0.1, 0.15) is 17.7 Å². The highest BCUT2D eigenvalue weighted by Gasteiger charge is 2.37. The highest BCUT2D eigenvalue weighted by molar-refractivity contribution is 5.99. The van der Waals surface area contributed by atoms with E-state index in [0.29, 0.717) is 6.54 Å². The fourth-order valence-corrected chi connectivity index (χ4v) is 3.57. The highest BCUT2D eigenvalue weighted by atomic mass is 16.2. The molecule has 6 heteroatoms. The van der Waals surface area contributed by atoms with E-state index in [1.54, 1.807) is 12.6 Å². The van der Waals surface area contributed by atoms with Crippen molar-refractivity contribution in [3.8, 4) is 6.07 Å². The van der Waals surface area contributed by atoms with Gasteiger partial charge >= 0.3 is 0 Å². The van der Waals surface area contributed by atoms with Gasteiger partial charge in [-0.15, -0.1) is 0 Å². The molecule has 0 aromatic heterocycles. The first kappa shape index (κ1) is 17.4. The van der Waals surface area contributed by atoms with Crippen LogP contribution in [0.1, 0.15) is 40.0 Å². The second kappa shape index (κ2) is 6.83. The van der Waals surface area contributed by atoms with Crippen molar-refractivity contribution in [1.82, 2.24) is 9.80 Å². The molecule has 1 unspecified atom stereocenters. The van der Waals surface area contributed by atoms with Gasteiger partial charge in [0.05, 0.1) is 24.3 Å². The zero-order chi connectivity index (χ0) is 18.0. The van der Waals surface area contributed by atoms with Crippen molar-refractivity contribution >= 4 is 18.5 Å². The Morgan fingerprint density at radius 3 is 2.64 bits per heavy atom. The van der Waals surface area contributed by atoms with Gasteiger partial charge in [0, 0.05) is 24.7 Å². The molecular formula is C19H25N5O. The monoisotopic (exact) mass is 339 g/mol. The Bertz CT molecular complexity index is 711. The van der Waals surface area contributed by atoms with Gasteiger partial charge in [-0.1, -0.05) is 20.8 Å². The van der Waals surface area contributed by atoms with Gasteiger partial charge in [-0.05, 0) is 25.3 Å². The number of carbonyl (C=O) groups excluding carboxylic acids is 1. The van der Waals surface area contributed by atoms with Crippen LogP contribution in [0.15, 0.2) is 33.0 Å². The van der Waals surface area contributed by atoms with Crippen molar-refractivity contribution in [3.63, 3.8) is 0 Å². The molecule has 3 rings (SSSR count). The Morgan fingerprint density at radius 2 is 2.00 bits per heavy atom. The van der Waals surface area contributed by atoms with E-state index in [2.05, 4.69) is 16.1 Å². The molecule has 132 valence electrons. The summed E-state index contributed by atoms with van der Waals surface area (Å²) in [7, 11) is 0. The molecule has 3 aliphatic heterocycles. The van der Waals surface area contributed by atoms with E-state index in [9.17, 15) is 10.1 Å². The molecule has 3 aliphatic rings. The topological polar surface area (TPSA) is 72.1 Å². The Labute approximate surface area is 149 Å². The molecule has 0 N–H and O–H groups in total. The van der Waals surface area contributed by atoms with E-state index in [1.165, 1.54) is 0 Å². The first-order chi connectivity index (χ1) is 11.9. The number of aliphatic imine (C=N–C) groups is 2. The van der Waals surface area contributed by atoms with Gasteiger partial charge in [-0.3, -0.25) is 14.8 Å². The van der Waals surface area contributed by atoms with Crippen molar-refractivity contribution in [2.75, 3.05) is 19.6 Å². The first-order valence-corrected chi connectivity index (χ1v) is 8.90. The Hall–Kier alpha value is -2.42. The first-order valence-electron chi connectivity index (χ1n) is 8.90. The van der Waals surface area contributed by atoms with Crippen LogP contribution in [0.4, 0.5) is 0 Å². The van der Waals surface area contributed by atoms with Crippen molar-refractivity contribution in [1.29, 1.82) is 5.26 Å². The number of hydrogen-bond acceptors (Lipinski definition) is 5. The number of amides is 1. The standard InChI is InChI=1S/C19H25N5O/c1-19(2,3)17(24-13-22-15-12-21-8-7-16(15)24)14(11-20)18(25)23-9-5-4-6-10-23/h7-8,13,15H,4-6,9-10,12H2,1-3H3. The lowest BCUT2D eigenvalue weighted by Gasteiger charge is -2.34. The Kier molecular flexibility index (Phi) is 4.76. The number of nitrogens with zero attached hydrogens (tertiary/aromatic N) is 5. The van der Waals surface area contributed by atoms with Crippen molar-refractivity contribution in [3.05, 3.63) is 23.0 Å². The van der Waals surface area contributed by atoms with E-state index in [1.807, 2.05) is 36.6 Å². The summed E-state index contributed by atoms with van der Waals surface area (Å²) in [6.07, 6.45) is 8.59. The number of hydrogen-bond donors (Lipinski definition) is 0. The molecule has 1 saturated heterocycles. The molecular weight excluding hydrogens is 314 g/mol. The Morgan fingerprint density at radius 1 is 1.28 bits per heavy atom. The third-order valence-electron chi connectivity index (χ3n) is 4.77. The molecule has 3 heterocycles. The number of likely N-dealkylation sites (tertiary alicyclic amines) is 1. The third-order valence-corrected chi connectivity index (χ3v) is 4.77. The zero-order valence-electron chi connectivity index (χ0n) is 15.2. The van der Waals surface area contributed by atoms with E-state index in [0.717, 1.165) is 43.7 Å².